The molecule has 0 spiro atoms. The number of halogens is 2. The first kappa shape index (κ1) is 11.1. The molecule has 0 saturated carbocycles. The maximum absolute atomic E-state index is 10.4. The fraction of sp³-hybridized carbons (Fsp3) is 0. The van der Waals surface area contributed by atoms with Gasteiger partial charge in [0, 0.05) is 0 Å². The van der Waals surface area contributed by atoms with E-state index >= 15 is 0 Å². The zero-order chi connectivity index (χ0) is 10.9. The van der Waals surface area contributed by atoms with Gasteiger partial charge in [-0.1, -0.05) is 0 Å². The molecule has 0 bridgehead atoms. The van der Waals surface area contributed by atoms with Crippen LogP contribution in [0.5, 0.6) is 0 Å². The van der Waals surface area contributed by atoms with Gasteiger partial charge in [-0.3, -0.25) is 20.2 Å². The van der Waals surface area contributed by atoms with E-state index in [4.69, 9.17) is 0 Å². The fourth-order valence-corrected chi connectivity index (χ4v) is 2.09. The van der Waals surface area contributed by atoms with Gasteiger partial charge in [0.05, 0.1) is 24.9 Å². The van der Waals surface area contributed by atoms with Gasteiger partial charge >= 0.3 is 0 Å². The van der Waals surface area contributed by atoms with Crippen LogP contribution in [0.4, 0.5) is 11.4 Å². The van der Waals surface area contributed by atoms with E-state index in [1.807, 2.05) is 0 Å². The summed E-state index contributed by atoms with van der Waals surface area (Å²) < 4.78 is 0.389. The molecule has 0 aliphatic rings. The van der Waals surface area contributed by atoms with Crippen molar-refractivity contribution in [3.63, 3.8) is 0 Å². The average molecular weight is 326 g/mol. The second-order valence-electron chi connectivity index (χ2n) is 2.27. The molecule has 1 aromatic carbocycles. The highest BCUT2D eigenvalue weighted by Crippen LogP contribution is 2.35. The largest absolute Gasteiger partial charge is 0.290 e. The third kappa shape index (κ3) is 2.07. The Bertz CT molecular complexity index is 385. The number of nitro groups is 2. The summed E-state index contributed by atoms with van der Waals surface area (Å²) in [7, 11) is 0. The van der Waals surface area contributed by atoms with Gasteiger partial charge in [0.1, 0.15) is 0 Å². The maximum Gasteiger partial charge on any atom is 0.290 e. The molecule has 1 rings (SSSR count). The van der Waals surface area contributed by atoms with Crippen molar-refractivity contribution in [2.45, 2.75) is 0 Å². The third-order valence-electron chi connectivity index (χ3n) is 1.41. The number of hydrogen-bond acceptors (Lipinski definition) is 4. The van der Waals surface area contributed by atoms with Crippen LogP contribution in [-0.4, -0.2) is 9.85 Å². The molecular weight excluding hydrogens is 324 g/mol. The highest BCUT2D eigenvalue weighted by Gasteiger charge is 2.21. The predicted molar refractivity (Wildman–Crippen MR) is 55.2 cm³/mol. The Morgan fingerprint density at radius 1 is 0.929 bits per heavy atom. The van der Waals surface area contributed by atoms with E-state index in [-0.39, 0.29) is 20.3 Å². The summed E-state index contributed by atoms with van der Waals surface area (Å²) in [6.07, 6.45) is 0. The van der Waals surface area contributed by atoms with Gasteiger partial charge < -0.3 is 0 Å². The van der Waals surface area contributed by atoms with Crippen molar-refractivity contribution in [2.24, 2.45) is 0 Å². The number of nitro benzene ring substituents is 2. The Morgan fingerprint density at radius 3 is 1.57 bits per heavy atom. The Balaban J connectivity index is 3.42. The van der Waals surface area contributed by atoms with Crippen LogP contribution in [0, 0.1) is 20.2 Å². The summed E-state index contributed by atoms with van der Waals surface area (Å²) in [5.41, 5.74) is -0.667. The minimum Gasteiger partial charge on any atom is -0.258 e. The van der Waals surface area contributed by atoms with Gasteiger partial charge in [-0.15, -0.1) is 0 Å². The van der Waals surface area contributed by atoms with Gasteiger partial charge in [0.25, 0.3) is 11.4 Å². The second-order valence-corrected chi connectivity index (χ2v) is 3.98. The first-order chi connectivity index (χ1) is 6.43. The van der Waals surface area contributed by atoms with E-state index in [1.54, 1.807) is 0 Å². The maximum atomic E-state index is 10.4. The molecule has 0 aliphatic heterocycles. The molecule has 1 aromatic rings. The highest BCUT2D eigenvalue weighted by atomic mass is 79.9. The minimum atomic E-state index is -0.691. The van der Waals surface area contributed by atoms with E-state index in [9.17, 15) is 20.2 Å². The second kappa shape index (κ2) is 4.01. The first-order valence-corrected chi connectivity index (χ1v) is 4.80. The fourth-order valence-electron chi connectivity index (χ4n) is 0.806. The zero-order valence-electron chi connectivity index (χ0n) is 6.44. The molecule has 0 aromatic heterocycles. The smallest absolute Gasteiger partial charge is 0.258 e. The van der Waals surface area contributed by atoms with Crippen LogP contribution in [0.2, 0.25) is 0 Å². The van der Waals surface area contributed by atoms with E-state index < -0.39 is 9.85 Å². The standard InChI is InChI=1S/C6H2Br2N2O4/c7-3-1-4(8)6(10(13)14)2-5(3)9(11)12/h1-2H. The Hall–Kier alpha value is -1.02. The molecule has 6 nitrogen and oxygen atoms in total. The van der Waals surface area contributed by atoms with Gasteiger partial charge in [-0.25, -0.2) is 0 Å². The van der Waals surface area contributed by atoms with Crippen LogP contribution in [0.3, 0.4) is 0 Å². The van der Waals surface area contributed by atoms with E-state index in [0.717, 1.165) is 6.07 Å². The summed E-state index contributed by atoms with van der Waals surface area (Å²) in [6.45, 7) is 0. The van der Waals surface area contributed by atoms with Crippen molar-refractivity contribution in [3.05, 3.63) is 41.3 Å². The lowest BCUT2D eigenvalue weighted by molar-refractivity contribution is -0.395. The zero-order valence-corrected chi connectivity index (χ0v) is 9.61. The van der Waals surface area contributed by atoms with Crippen LogP contribution in [0.1, 0.15) is 0 Å². The van der Waals surface area contributed by atoms with Crippen molar-refractivity contribution in [1.29, 1.82) is 0 Å². The van der Waals surface area contributed by atoms with Crippen molar-refractivity contribution >= 4 is 43.2 Å². The Labute approximate surface area is 94.5 Å². The summed E-state index contributed by atoms with van der Waals surface area (Å²) in [6, 6.07) is 2.17. The van der Waals surface area contributed by atoms with Crippen LogP contribution in [-0.2, 0) is 0 Å². The van der Waals surface area contributed by atoms with Crippen molar-refractivity contribution in [3.8, 4) is 0 Å². The first-order valence-electron chi connectivity index (χ1n) is 3.21. The van der Waals surface area contributed by atoms with E-state index in [1.165, 1.54) is 6.07 Å². The van der Waals surface area contributed by atoms with Crippen LogP contribution >= 0.6 is 31.9 Å². The van der Waals surface area contributed by atoms with Gasteiger partial charge in [0.2, 0.25) is 0 Å². The molecule has 0 saturated heterocycles. The Morgan fingerprint density at radius 2 is 1.29 bits per heavy atom. The van der Waals surface area contributed by atoms with E-state index in [0.29, 0.717) is 0 Å². The number of benzene rings is 1. The number of nitrogens with zero attached hydrogens (tertiary/aromatic N) is 2. The molecular formula is C6H2Br2N2O4. The molecule has 14 heavy (non-hydrogen) atoms. The Kier molecular flexibility index (Phi) is 3.17. The molecule has 0 aliphatic carbocycles. The molecule has 0 unspecified atom stereocenters. The van der Waals surface area contributed by atoms with Crippen LogP contribution in [0.25, 0.3) is 0 Å². The molecule has 0 heterocycles. The molecule has 8 heteroatoms. The molecule has 0 amide bonds. The van der Waals surface area contributed by atoms with E-state index in [2.05, 4.69) is 31.9 Å². The van der Waals surface area contributed by atoms with Crippen molar-refractivity contribution < 1.29 is 9.85 Å². The van der Waals surface area contributed by atoms with Crippen LogP contribution in [0.15, 0.2) is 21.1 Å². The molecule has 0 fully saturated rings. The lowest BCUT2D eigenvalue weighted by Gasteiger charge is -1.97. The van der Waals surface area contributed by atoms with Gasteiger partial charge in [-0.05, 0) is 37.9 Å². The minimum absolute atomic E-state index is 0.194. The van der Waals surface area contributed by atoms with Crippen molar-refractivity contribution in [1.82, 2.24) is 0 Å². The van der Waals surface area contributed by atoms with Crippen LogP contribution < -0.4 is 0 Å². The molecule has 0 atom stereocenters. The SMILES string of the molecule is O=[N+]([O-])c1cc([N+](=O)[O-])c(Br)cc1Br. The molecule has 0 N–H and O–H groups in total. The summed E-state index contributed by atoms with van der Waals surface area (Å²) >= 11 is 5.87. The summed E-state index contributed by atoms with van der Waals surface area (Å²) in [5, 5.41) is 20.9. The number of rotatable bonds is 2. The number of hydrogen-bond donors (Lipinski definition) is 0. The molecule has 74 valence electrons. The highest BCUT2D eigenvalue weighted by molar-refractivity contribution is 9.11. The van der Waals surface area contributed by atoms with Crippen molar-refractivity contribution in [2.75, 3.05) is 0 Å². The quantitative estimate of drug-likeness (QED) is 0.617. The lowest BCUT2D eigenvalue weighted by atomic mass is 10.3. The topological polar surface area (TPSA) is 86.3 Å². The molecule has 0 radical (unpaired) electrons. The monoisotopic (exact) mass is 324 g/mol. The average Bonchev–Trinajstić information content (AvgIpc) is 2.02. The van der Waals surface area contributed by atoms with Gasteiger partial charge in [0.15, 0.2) is 0 Å². The third-order valence-corrected chi connectivity index (χ3v) is 2.68. The normalized spacial score (nSPS) is 9.86. The predicted octanol–water partition coefficient (Wildman–Crippen LogP) is 3.03. The van der Waals surface area contributed by atoms with Gasteiger partial charge in [-0.2, -0.15) is 0 Å². The lowest BCUT2D eigenvalue weighted by Crippen LogP contribution is -1.94. The summed E-state index contributed by atoms with van der Waals surface area (Å²) in [4.78, 5) is 19.5. The summed E-state index contributed by atoms with van der Waals surface area (Å²) in [5.74, 6) is 0.